The number of rotatable bonds is 1. The van der Waals surface area contributed by atoms with Crippen LogP contribution < -0.4 is 0 Å². The molecule has 1 aromatic rings. The molecule has 1 aromatic heterocycles. The number of aromatic nitrogens is 3. The van der Waals surface area contributed by atoms with Gasteiger partial charge in [0.05, 0.1) is 19.8 Å². The first kappa shape index (κ1) is 7.57. The van der Waals surface area contributed by atoms with Crippen molar-refractivity contribution >= 4 is 0 Å². The lowest BCUT2D eigenvalue weighted by Gasteiger charge is -2.20. The van der Waals surface area contributed by atoms with Crippen LogP contribution in [0.4, 0.5) is 0 Å². The molecule has 1 atom stereocenters. The molecule has 0 bridgehead atoms. The summed E-state index contributed by atoms with van der Waals surface area (Å²) >= 11 is 0. The van der Waals surface area contributed by atoms with Crippen molar-refractivity contribution in [2.75, 3.05) is 19.8 Å². The monoisotopic (exact) mass is 167 g/mol. The van der Waals surface area contributed by atoms with Crippen LogP contribution in [0.5, 0.6) is 0 Å². The van der Waals surface area contributed by atoms with Gasteiger partial charge in [-0.3, -0.25) is 0 Å². The van der Waals surface area contributed by atoms with Gasteiger partial charge in [-0.15, -0.1) is 0 Å². The molecule has 0 spiro atoms. The Kier molecular flexibility index (Phi) is 2.24. The average Bonchev–Trinajstić information content (AvgIpc) is 2.21. The van der Waals surface area contributed by atoms with Crippen molar-refractivity contribution in [3.63, 3.8) is 0 Å². The summed E-state index contributed by atoms with van der Waals surface area (Å²) in [6.07, 6.45) is 2.79. The van der Waals surface area contributed by atoms with Crippen molar-refractivity contribution in [2.24, 2.45) is 0 Å². The molecule has 1 aliphatic rings. The molecule has 2 rings (SSSR count). The maximum Gasteiger partial charge on any atom is 0.163 e. The Labute approximate surface area is 69.8 Å². The lowest BCUT2D eigenvalue weighted by molar-refractivity contribution is -0.0936. The van der Waals surface area contributed by atoms with Crippen molar-refractivity contribution in [3.05, 3.63) is 18.5 Å². The highest BCUT2D eigenvalue weighted by molar-refractivity contribution is 4.89. The van der Waals surface area contributed by atoms with E-state index in [1.807, 2.05) is 0 Å². The first-order chi connectivity index (χ1) is 5.97. The Morgan fingerprint density at radius 3 is 2.75 bits per heavy atom. The summed E-state index contributed by atoms with van der Waals surface area (Å²) in [6, 6.07) is 0. The van der Waals surface area contributed by atoms with Crippen molar-refractivity contribution < 1.29 is 9.47 Å². The second-order valence-corrected chi connectivity index (χ2v) is 2.43. The highest BCUT2D eigenvalue weighted by Crippen LogP contribution is 2.15. The molecule has 5 heteroatoms. The van der Waals surface area contributed by atoms with Crippen LogP contribution in [0, 0.1) is 0 Å². The van der Waals surface area contributed by atoms with Crippen LogP contribution in [0.15, 0.2) is 12.7 Å². The zero-order valence-corrected chi connectivity index (χ0v) is 6.51. The molecule has 12 heavy (non-hydrogen) atoms. The average molecular weight is 167 g/mol. The van der Waals surface area contributed by atoms with Crippen LogP contribution in [0.3, 0.4) is 0 Å². The van der Waals surface area contributed by atoms with E-state index in [1.165, 1.54) is 12.7 Å². The summed E-state index contributed by atoms with van der Waals surface area (Å²) in [4.78, 5) is 11.7. The van der Waals surface area contributed by atoms with E-state index in [4.69, 9.17) is 9.47 Å². The first-order valence-corrected chi connectivity index (χ1v) is 3.78. The van der Waals surface area contributed by atoms with Crippen LogP contribution in [0.2, 0.25) is 0 Å². The fourth-order valence-corrected chi connectivity index (χ4v) is 1.05. The molecule has 1 unspecified atom stereocenters. The summed E-state index contributed by atoms with van der Waals surface area (Å²) in [5, 5.41) is 0. The summed E-state index contributed by atoms with van der Waals surface area (Å²) in [7, 11) is 0. The lowest BCUT2D eigenvalue weighted by atomic mass is 10.3. The maximum absolute atomic E-state index is 5.39. The standard InChI is InChI=1S/C7H9N3O2/c1-2-12-6(3-11-1)7-9-4-8-5-10-7/h4-6H,1-3H2. The van der Waals surface area contributed by atoms with E-state index < -0.39 is 0 Å². The Morgan fingerprint density at radius 1 is 1.25 bits per heavy atom. The van der Waals surface area contributed by atoms with Crippen LogP contribution in [0.1, 0.15) is 11.9 Å². The molecule has 5 nitrogen and oxygen atoms in total. The molecule has 0 amide bonds. The van der Waals surface area contributed by atoms with E-state index in [0.29, 0.717) is 25.6 Å². The van der Waals surface area contributed by atoms with Crippen molar-refractivity contribution in [1.29, 1.82) is 0 Å². The minimum Gasteiger partial charge on any atom is -0.376 e. The summed E-state index contributed by atoms with van der Waals surface area (Å²) in [5.74, 6) is 0.643. The van der Waals surface area contributed by atoms with Crippen LogP contribution in [-0.4, -0.2) is 34.8 Å². The highest BCUT2D eigenvalue weighted by atomic mass is 16.6. The normalized spacial score (nSPS) is 23.8. The third kappa shape index (κ3) is 1.57. The smallest absolute Gasteiger partial charge is 0.163 e. The van der Waals surface area contributed by atoms with Gasteiger partial charge in [0, 0.05) is 0 Å². The van der Waals surface area contributed by atoms with Crippen LogP contribution in [-0.2, 0) is 9.47 Å². The minimum atomic E-state index is -0.123. The van der Waals surface area contributed by atoms with Gasteiger partial charge in [0.15, 0.2) is 5.82 Å². The van der Waals surface area contributed by atoms with Crippen LogP contribution >= 0.6 is 0 Å². The highest BCUT2D eigenvalue weighted by Gasteiger charge is 2.18. The summed E-state index contributed by atoms with van der Waals surface area (Å²) in [5.41, 5.74) is 0. The summed E-state index contributed by atoms with van der Waals surface area (Å²) in [6.45, 7) is 1.79. The number of hydrogen-bond donors (Lipinski definition) is 0. The van der Waals surface area contributed by atoms with E-state index in [9.17, 15) is 0 Å². The molecule has 2 heterocycles. The lowest BCUT2D eigenvalue weighted by Crippen LogP contribution is -2.23. The predicted octanol–water partition coefficient (Wildman–Crippen LogP) is -0.0405. The molecule has 0 aromatic carbocycles. The number of hydrogen-bond acceptors (Lipinski definition) is 5. The van der Waals surface area contributed by atoms with Gasteiger partial charge in [-0.2, -0.15) is 0 Å². The topological polar surface area (TPSA) is 57.1 Å². The molecule has 64 valence electrons. The second kappa shape index (κ2) is 3.55. The zero-order chi connectivity index (χ0) is 8.23. The Bertz CT molecular complexity index is 236. The molecule has 0 aliphatic carbocycles. The molecule has 1 saturated heterocycles. The molecular formula is C7H9N3O2. The molecule has 0 N–H and O–H groups in total. The van der Waals surface area contributed by atoms with E-state index in [-0.39, 0.29) is 6.10 Å². The summed E-state index contributed by atoms with van der Waals surface area (Å²) < 4.78 is 10.6. The molecule has 0 radical (unpaired) electrons. The third-order valence-corrected chi connectivity index (χ3v) is 1.62. The second-order valence-electron chi connectivity index (χ2n) is 2.43. The maximum atomic E-state index is 5.39. The molecular weight excluding hydrogens is 158 g/mol. The van der Waals surface area contributed by atoms with Gasteiger partial charge >= 0.3 is 0 Å². The van der Waals surface area contributed by atoms with E-state index in [0.717, 1.165) is 0 Å². The van der Waals surface area contributed by atoms with Gasteiger partial charge in [-0.05, 0) is 0 Å². The molecule has 0 saturated carbocycles. The largest absolute Gasteiger partial charge is 0.376 e. The van der Waals surface area contributed by atoms with E-state index in [1.54, 1.807) is 0 Å². The van der Waals surface area contributed by atoms with Gasteiger partial charge in [0.25, 0.3) is 0 Å². The third-order valence-electron chi connectivity index (χ3n) is 1.62. The minimum absolute atomic E-state index is 0.123. The number of ether oxygens (including phenoxy) is 2. The van der Waals surface area contributed by atoms with E-state index in [2.05, 4.69) is 15.0 Å². The van der Waals surface area contributed by atoms with Gasteiger partial charge in [0.1, 0.15) is 18.8 Å². The van der Waals surface area contributed by atoms with Crippen molar-refractivity contribution in [1.82, 2.24) is 15.0 Å². The van der Waals surface area contributed by atoms with Gasteiger partial charge in [0.2, 0.25) is 0 Å². The molecule has 1 fully saturated rings. The van der Waals surface area contributed by atoms with Gasteiger partial charge in [-0.1, -0.05) is 0 Å². The fraction of sp³-hybridized carbons (Fsp3) is 0.571. The zero-order valence-electron chi connectivity index (χ0n) is 6.51. The molecule has 1 aliphatic heterocycles. The quantitative estimate of drug-likeness (QED) is 0.587. The van der Waals surface area contributed by atoms with Crippen LogP contribution in [0.25, 0.3) is 0 Å². The fourth-order valence-electron chi connectivity index (χ4n) is 1.05. The van der Waals surface area contributed by atoms with Gasteiger partial charge in [-0.25, -0.2) is 15.0 Å². The van der Waals surface area contributed by atoms with Crippen molar-refractivity contribution in [3.8, 4) is 0 Å². The van der Waals surface area contributed by atoms with Gasteiger partial charge < -0.3 is 9.47 Å². The van der Waals surface area contributed by atoms with Crippen molar-refractivity contribution in [2.45, 2.75) is 6.10 Å². The first-order valence-electron chi connectivity index (χ1n) is 3.78. The predicted molar refractivity (Wildman–Crippen MR) is 39.3 cm³/mol. The van der Waals surface area contributed by atoms with E-state index >= 15 is 0 Å². The number of nitrogens with zero attached hydrogens (tertiary/aromatic N) is 3. The Balaban J connectivity index is 2.08. The SMILES string of the molecule is c1ncnc(C2COCCO2)n1. The Hall–Kier alpha value is -1.07. The Morgan fingerprint density at radius 2 is 2.08 bits per heavy atom.